The fourth-order valence-corrected chi connectivity index (χ4v) is 5.18. The molecule has 31 heavy (non-hydrogen) atoms. The lowest BCUT2D eigenvalue weighted by Gasteiger charge is -2.32. The number of rotatable bonds is 5. The van der Waals surface area contributed by atoms with E-state index in [2.05, 4.69) is 5.16 Å². The molecule has 1 unspecified atom stereocenters. The summed E-state index contributed by atoms with van der Waals surface area (Å²) in [6.45, 7) is 1.66. The van der Waals surface area contributed by atoms with Gasteiger partial charge in [0, 0.05) is 36.1 Å². The van der Waals surface area contributed by atoms with Crippen LogP contribution in [0.15, 0.2) is 52.5 Å². The van der Waals surface area contributed by atoms with Crippen molar-refractivity contribution >= 4 is 23.4 Å². The van der Waals surface area contributed by atoms with Crippen LogP contribution in [0.1, 0.15) is 24.8 Å². The van der Waals surface area contributed by atoms with Gasteiger partial charge >= 0.3 is 0 Å². The molecule has 1 fully saturated rings. The number of hydrogen-bond donors (Lipinski definition) is 0. The highest BCUT2D eigenvalue weighted by Gasteiger charge is 2.34. The molecule has 0 N–H and O–H groups in total. The lowest BCUT2D eigenvalue weighted by Crippen LogP contribution is -2.44. The van der Waals surface area contributed by atoms with Gasteiger partial charge in [-0.05, 0) is 54.8 Å². The van der Waals surface area contributed by atoms with E-state index < -0.39 is 6.10 Å². The van der Waals surface area contributed by atoms with Crippen LogP contribution >= 0.6 is 11.8 Å². The van der Waals surface area contributed by atoms with Gasteiger partial charge in [0.05, 0.1) is 5.71 Å². The van der Waals surface area contributed by atoms with E-state index >= 15 is 0 Å². The summed E-state index contributed by atoms with van der Waals surface area (Å²) in [5.74, 6) is 1.28. The number of fused-ring (bicyclic) bond motifs is 1. The number of carbonyl (C=O) groups is 1. The molecular weight excluding hydrogens is 419 g/mol. The van der Waals surface area contributed by atoms with Gasteiger partial charge in [0.2, 0.25) is 12.9 Å². The van der Waals surface area contributed by atoms with Gasteiger partial charge in [-0.15, -0.1) is 11.8 Å². The molecule has 8 heteroatoms. The van der Waals surface area contributed by atoms with Crippen LogP contribution in [0.5, 0.6) is 11.5 Å². The third kappa shape index (κ3) is 4.63. The molecule has 3 aliphatic heterocycles. The number of likely N-dealkylation sites (tertiary alicyclic amines) is 1. The summed E-state index contributed by atoms with van der Waals surface area (Å²) in [7, 11) is 0. The largest absolute Gasteiger partial charge is 0.454 e. The molecule has 2 aromatic rings. The topological polar surface area (TPSA) is 60.4 Å². The van der Waals surface area contributed by atoms with Crippen LogP contribution in [0.3, 0.4) is 0 Å². The number of amides is 1. The molecule has 0 bridgehead atoms. The smallest absolute Gasteiger partial charge is 0.266 e. The lowest BCUT2D eigenvalue weighted by molar-refractivity contribution is -0.142. The first-order valence-corrected chi connectivity index (χ1v) is 11.3. The summed E-state index contributed by atoms with van der Waals surface area (Å²) in [4.78, 5) is 21.3. The van der Waals surface area contributed by atoms with Gasteiger partial charge in [0.15, 0.2) is 11.5 Å². The minimum atomic E-state index is -0.537. The number of carbonyl (C=O) groups excluding carboxylic acids is 1. The van der Waals surface area contributed by atoms with Crippen molar-refractivity contribution in [3.8, 4) is 11.5 Å². The van der Waals surface area contributed by atoms with Gasteiger partial charge in [0.1, 0.15) is 5.82 Å². The Kier molecular flexibility index (Phi) is 5.72. The normalized spacial score (nSPS) is 20.5. The second kappa shape index (κ2) is 8.78. The van der Waals surface area contributed by atoms with Gasteiger partial charge in [0.25, 0.3) is 5.91 Å². The summed E-state index contributed by atoms with van der Waals surface area (Å²) in [5.41, 5.74) is 1.91. The van der Waals surface area contributed by atoms with Crippen LogP contribution in [-0.4, -0.2) is 47.8 Å². The van der Waals surface area contributed by atoms with Crippen molar-refractivity contribution in [1.82, 2.24) is 4.90 Å². The molecule has 6 nitrogen and oxygen atoms in total. The Morgan fingerprint density at radius 1 is 1.10 bits per heavy atom. The summed E-state index contributed by atoms with van der Waals surface area (Å²) in [5, 5.41) is 4.59. The number of ether oxygens (including phenoxy) is 2. The Morgan fingerprint density at radius 2 is 1.87 bits per heavy atom. The lowest BCUT2D eigenvalue weighted by atomic mass is 10.0. The van der Waals surface area contributed by atoms with Crippen molar-refractivity contribution in [2.45, 2.75) is 41.9 Å². The van der Waals surface area contributed by atoms with E-state index in [0.717, 1.165) is 40.5 Å². The number of hydrogen-bond acceptors (Lipinski definition) is 6. The quantitative estimate of drug-likeness (QED) is 0.700. The molecule has 0 aliphatic carbocycles. The zero-order valence-corrected chi connectivity index (χ0v) is 17.8. The monoisotopic (exact) mass is 442 g/mol. The second-order valence-electron chi connectivity index (χ2n) is 7.92. The Morgan fingerprint density at radius 3 is 2.68 bits per heavy atom. The highest BCUT2D eigenvalue weighted by Crippen LogP contribution is 2.33. The third-order valence-electron chi connectivity index (χ3n) is 5.72. The van der Waals surface area contributed by atoms with Crippen LogP contribution in [0.25, 0.3) is 0 Å². The van der Waals surface area contributed by atoms with Crippen molar-refractivity contribution < 1.29 is 23.5 Å². The third-order valence-corrected chi connectivity index (χ3v) is 7.07. The van der Waals surface area contributed by atoms with Gasteiger partial charge < -0.3 is 19.2 Å². The maximum Gasteiger partial charge on any atom is 0.266 e. The molecule has 2 aromatic carbocycles. The van der Waals surface area contributed by atoms with Crippen molar-refractivity contribution in [3.63, 3.8) is 0 Å². The Labute approximate surface area is 184 Å². The highest BCUT2D eigenvalue weighted by molar-refractivity contribution is 8.00. The van der Waals surface area contributed by atoms with E-state index in [1.165, 1.54) is 12.1 Å². The Balaban J connectivity index is 1.10. The molecular formula is C23H23FN2O4S. The first-order valence-electron chi connectivity index (χ1n) is 10.4. The maximum atomic E-state index is 13.1. The van der Waals surface area contributed by atoms with E-state index in [1.54, 1.807) is 11.8 Å². The average Bonchev–Trinajstić information content (AvgIpc) is 3.45. The number of oxime groups is 1. The zero-order chi connectivity index (χ0) is 21.2. The molecule has 1 saturated heterocycles. The molecule has 0 saturated carbocycles. The van der Waals surface area contributed by atoms with Crippen molar-refractivity contribution in [1.29, 1.82) is 0 Å². The van der Waals surface area contributed by atoms with Gasteiger partial charge in [-0.3, -0.25) is 4.79 Å². The van der Waals surface area contributed by atoms with E-state index in [4.69, 9.17) is 14.3 Å². The van der Waals surface area contributed by atoms with E-state index in [-0.39, 0.29) is 18.5 Å². The fraction of sp³-hybridized carbons (Fsp3) is 0.391. The minimum absolute atomic E-state index is 0.00895. The Hall–Kier alpha value is -2.74. The molecule has 1 amide bonds. The van der Waals surface area contributed by atoms with E-state index in [1.807, 2.05) is 35.2 Å². The molecule has 0 spiro atoms. The van der Waals surface area contributed by atoms with Crippen LogP contribution in [0.2, 0.25) is 0 Å². The van der Waals surface area contributed by atoms with Crippen LogP contribution in [0, 0.1) is 5.82 Å². The highest BCUT2D eigenvalue weighted by atomic mass is 32.2. The van der Waals surface area contributed by atoms with Gasteiger partial charge in [-0.25, -0.2) is 4.39 Å². The number of piperidine rings is 1. The second-order valence-corrected chi connectivity index (χ2v) is 9.29. The summed E-state index contributed by atoms with van der Waals surface area (Å²) < 4.78 is 23.8. The number of nitrogens with zero attached hydrogens (tertiary/aromatic N) is 2. The molecule has 162 valence electrons. The van der Waals surface area contributed by atoms with Crippen LogP contribution < -0.4 is 9.47 Å². The number of thioether (sulfide) groups is 1. The molecule has 3 aliphatic rings. The molecule has 1 atom stereocenters. The minimum Gasteiger partial charge on any atom is -0.454 e. The van der Waals surface area contributed by atoms with Crippen LogP contribution in [0.4, 0.5) is 4.39 Å². The number of benzene rings is 2. The molecule has 0 aromatic heterocycles. The average molecular weight is 443 g/mol. The Bertz CT molecular complexity index is 990. The van der Waals surface area contributed by atoms with Crippen molar-refractivity contribution in [2.75, 3.05) is 19.9 Å². The van der Waals surface area contributed by atoms with Crippen molar-refractivity contribution in [2.24, 2.45) is 5.16 Å². The number of halogens is 1. The molecule has 3 heterocycles. The fourth-order valence-electron chi connectivity index (χ4n) is 4.05. The zero-order valence-electron chi connectivity index (χ0n) is 17.0. The van der Waals surface area contributed by atoms with Crippen LogP contribution in [-0.2, 0) is 16.1 Å². The first-order chi connectivity index (χ1) is 15.1. The van der Waals surface area contributed by atoms with E-state index in [9.17, 15) is 9.18 Å². The van der Waals surface area contributed by atoms with Gasteiger partial charge in [-0.2, -0.15) is 0 Å². The summed E-state index contributed by atoms with van der Waals surface area (Å²) in [6.07, 6.45) is 2.41. The summed E-state index contributed by atoms with van der Waals surface area (Å²) in [6, 6.07) is 12.4. The standard InChI is InChI=1S/C23H23FN2O4S/c24-16-2-4-18(5-3-16)31-19-7-9-26(10-8-19)23(27)22-13-17(25-30-22)11-15-1-6-20-21(12-15)29-14-28-20/h1-6,12,19,22H,7-11,13-14H2. The van der Waals surface area contributed by atoms with E-state index in [0.29, 0.717) is 31.2 Å². The first kappa shape index (κ1) is 20.2. The predicted octanol–water partition coefficient (Wildman–Crippen LogP) is 4.03. The van der Waals surface area contributed by atoms with Crippen molar-refractivity contribution in [3.05, 3.63) is 53.8 Å². The predicted molar refractivity (Wildman–Crippen MR) is 115 cm³/mol. The van der Waals surface area contributed by atoms with Gasteiger partial charge in [-0.1, -0.05) is 11.2 Å². The SMILES string of the molecule is O=C(C1CC(Cc2ccc3c(c2)OCO3)=NO1)N1CCC(Sc2ccc(F)cc2)CC1. The molecule has 0 radical (unpaired) electrons. The molecule has 5 rings (SSSR count). The summed E-state index contributed by atoms with van der Waals surface area (Å²) >= 11 is 1.75. The maximum absolute atomic E-state index is 13.1.